The normalized spacial score (nSPS) is 15.0. The van der Waals surface area contributed by atoms with Gasteiger partial charge in [-0.05, 0) is 29.9 Å². The number of phenols is 1. The summed E-state index contributed by atoms with van der Waals surface area (Å²) in [5.41, 5.74) is 2.73. The Bertz CT molecular complexity index is 733. The quantitative estimate of drug-likeness (QED) is 0.736. The number of H-pyrrole nitrogens is 2. The molecule has 0 unspecified atom stereocenters. The molecular formula is C14H15N3O2S. The van der Waals surface area contributed by atoms with Gasteiger partial charge in [0.25, 0.3) is 5.56 Å². The Morgan fingerprint density at radius 1 is 1.25 bits per heavy atom. The van der Waals surface area contributed by atoms with E-state index in [-0.39, 0.29) is 11.3 Å². The van der Waals surface area contributed by atoms with Gasteiger partial charge in [-0.25, -0.2) is 0 Å². The minimum absolute atomic E-state index is 0.0980. The molecule has 0 spiro atoms. The van der Waals surface area contributed by atoms with Crippen LogP contribution < -0.4 is 5.56 Å². The fraction of sp³-hybridized carbons (Fsp3) is 0.286. The van der Waals surface area contributed by atoms with E-state index in [9.17, 15) is 9.90 Å². The van der Waals surface area contributed by atoms with E-state index in [4.69, 9.17) is 12.2 Å². The van der Waals surface area contributed by atoms with Gasteiger partial charge in [-0.3, -0.25) is 14.7 Å². The number of phenolic OH excluding ortho intramolecular Hbond substituents is 1. The second-order valence-electron chi connectivity index (χ2n) is 4.99. The summed E-state index contributed by atoms with van der Waals surface area (Å²) in [4.78, 5) is 19.8. The van der Waals surface area contributed by atoms with Crippen molar-refractivity contribution in [2.24, 2.45) is 0 Å². The molecule has 3 N–H and O–H groups in total. The minimum Gasteiger partial charge on any atom is -0.508 e. The molecule has 3 rings (SSSR count). The molecule has 2 heterocycles. The van der Waals surface area contributed by atoms with Crippen LogP contribution in [0.1, 0.15) is 16.8 Å². The summed E-state index contributed by atoms with van der Waals surface area (Å²) in [6.45, 7) is 2.25. The van der Waals surface area contributed by atoms with Crippen LogP contribution in [0.5, 0.6) is 5.75 Å². The van der Waals surface area contributed by atoms with Gasteiger partial charge in [-0.2, -0.15) is 0 Å². The number of aromatic amines is 2. The van der Waals surface area contributed by atoms with Crippen molar-refractivity contribution in [1.29, 1.82) is 0 Å². The molecular weight excluding hydrogens is 274 g/mol. The highest BCUT2D eigenvalue weighted by Crippen LogP contribution is 2.17. The first kappa shape index (κ1) is 13.1. The number of nitrogens with one attached hydrogen (secondary N) is 2. The van der Waals surface area contributed by atoms with E-state index < -0.39 is 0 Å². The summed E-state index contributed by atoms with van der Waals surface area (Å²) in [6, 6.07) is 7.15. The Hall–Kier alpha value is -1.92. The molecule has 1 aromatic heterocycles. The van der Waals surface area contributed by atoms with Crippen molar-refractivity contribution in [3.05, 3.63) is 56.2 Å². The number of benzene rings is 1. The fourth-order valence-electron chi connectivity index (χ4n) is 2.51. The molecule has 0 atom stereocenters. The average Bonchev–Trinajstić information content (AvgIpc) is 2.42. The number of fused-ring (bicyclic) bond motifs is 1. The topological polar surface area (TPSA) is 72.1 Å². The summed E-state index contributed by atoms with van der Waals surface area (Å²) in [5, 5.41) is 9.28. The van der Waals surface area contributed by atoms with Crippen molar-refractivity contribution in [2.75, 3.05) is 6.54 Å². The van der Waals surface area contributed by atoms with Gasteiger partial charge in [-0.15, -0.1) is 0 Å². The Morgan fingerprint density at radius 2 is 2.00 bits per heavy atom. The van der Waals surface area contributed by atoms with Gasteiger partial charge in [0.15, 0.2) is 4.77 Å². The van der Waals surface area contributed by atoms with Crippen molar-refractivity contribution in [2.45, 2.75) is 19.5 Å². The minimum atomic E-state index is -0.0980. The number of hydrogen-bond donors (Lipinski definition) is 3. The SMILES string of the molecule is O=c1[nH]c(=S)[nH]c2c1CN(Cc1ccc(O)cc1)CC2. The highest BCUT2D eigenvalue weighted by Gasteiger charge is 2.19. The Balaban J connectivity index is 1.80. The third-order valence-electron chi connectivity index (χ3n) is 3.53. The van der Waals surface area contributed by atoms with Crippen molar-refractivity contribution in [3.8, 4) is 5.75 Å². The van der Waals surface area contributed by atoms with Crippen LogP contribution in [0.3, 0.4) is 0 Å². The highest BCUT2D eigenvalue weighted by molar-refractivity contribution is 7.71. The van der Waals surface area contributed by atoms with Crippen molar-refractivity contribution < 1.29 is 5.11 Å². The maximum absolute atomic E-state index is 11.9. The number of aromatic nitrogens is 2. The molecule has 0 bridgehead atoms. The number of rotatable bonds is 2. The van der Waals surface area contributed by atoms with Gasteiger partial charge in [0.2, 0.25) is 0 Å². The van der Waals surface area contributed by atoms with Crippen LogP contribution in [0.2, 0.25) is 0 Å². The summed E-state index contributed by atoms with van der Waals surface area (Å²) in [7, 11) is 0. The largest absolute Gasteiger partial charge is 0.508 e. The molecule has 104 valence electrons. The second-order valence-corrected chi connectivity index (χ2v) is 5.40. The van der Waals surface area contributed by atoms with Gasteiger partial charge in [-0.1, -0.05) is 12.1 Å². The van der Waals surface area contributed by atoms with Crippen LogP contribution in [-0.4, -0.2) is 26.5 Å². The van der Waals surface area contributed by atoms with E-state index in [0.29, 0.717) is 11.3 Å². The molecule has 1 aliphatic heterocycles. The molecule has 0 radical (unpaired) electrons. The Morgan fingerprint density at radius 3 is 2.75 bits per heavy atom. The lowest BCUT2D eigenvalue weighted by atomic mass is 10.1. The van der Waals surface area contributed by atoms with Gasteiger partial charge in [0.05, 0.1) is 5.56 Å². The lowest BCUT2D eigenvalue weighted by Crippen LogP contribution is -2.35. The van der Waals surface area contributed by atoms with Gasteiger partial charge in [0, 0.05) is 31.7 Å². The van der Waals surface area contributed by atoms with Crippen LogP contribution in [0.15, 0.2) is 29.1 Å². The number of nitrogens with zero attached hydrogens (tertiary/aromatic N) is 1. The van der Waals surface area contributed by atoms with Crippen molar-refractivity contribution >= 4 is 12.2 Å². The third-order valence-corrected chi connectivity index (χ3v) is 3.74. The maximum atomic E-state index is 11.9. The highest BCUT2D eigenvalue weighted by atomic mass is 32.1. The molecule has 0 amide bonds. The van der Waals surface area contributed by atoms with Crippen LogP contribution in [-0.2, 0) is 19.5 Å². The molecule has 1 aliphatic rings. The molecule has 0 aliphatic carbocycles. The Kier molecular flexibility index (Phi) is 3.42. The Labute approximate surface area is 120 Å². The van der Waals surface area contributed by atoms with E-state index in [0.717, 1.165) is 36.3 Å². The number of aromatic hydroxyl groups is 1. The van der Waals surface area contributed by atoms with Crippen molar-refractivity contribution in [1.82, 2.24) is 14.9 Å². The third kappa shape index (κ3) is 2.66. The zero-order chi connectivity index (χ0) is 14.1. The molecule has 6 heteroatoms. The predicted molar refractivity (Wildman–Crippen MR) is 78.2 cm³/mol. The van der Waals surface area contributed by atoms with E-state index in [2.05, 4.69) is 14.9 Å². The van der Waals surface area contributed by atoms with E-state index in [1.807, 2.05) is 12.1 Å². The molecule has 0 saturated heterocycles. The lowest BCUT2D eigenvalue weighted by Gasteiger charge is -2.27. The van der Waals surface area contributed by atoms with Gasteiger partial charge in [0.1, 0.15) is 5.75 Å². The van der Waals surface area contributed by atoms with Crippen molar-refractivity contribution in [3.63, 3.8) is 0 Å². The monoisotopic (exact) mass is 289 g/mol. The van der Waals surface area contributed by atoms with E-state index in [1.54, 1.807) is 12.1 Å². The molecule has 1 aromatic carbocycles. The second kappa shape index (κ2) is 5.22. The smallest absolute Gasteiger partial charge is 0.256 e. The van der Waals surface area contributed by atoms with E-state index >= 15 is 0 Å². The molecule has 0 fully saturated rings. The predicted octanol–water partition coefficient (Wildman–Crippen LogP) is 1.70. The maximum Gasteiger partial charge on any atom is 0.256 e. The van der Waals surface area contributed by atoms with E-state index in [1.165, 1.54) is 0 Å². The lowest BCUT2D eigenvalue weighted by molar-refractivity contribution is 0.241. The standard InChI is InChI=1S/C14H15N3O2S/c18-10-3-1-9(2-4-10)7-17-6-5-12-11(8-17)13(19)16-14(20)15-12/h1-4,18H,5-8H2,(H2,15,16,19,20). The molecule has 5 nitrogen and oxygen atoms in total. The molecule has 0 saturated carbocycles. The summed E-state index contributed by atoms with van der Waals surface area (Å²) >= 11 is 4.98. The van der Waals surface area contributed by atoms with Crippen LogP contribution in [0.25, 0.3) is 0 Å². The first-order valence-corrected chi connectivity index (χ1v) is 6.87. The first-order valence-electron chi connectivity index (χ1n) is 6.46. The summed E-state index contributed by atoms with van der Waals surface area (Å²) in [5.74, 6) is 0.266. The molecule has 2 aromatic rings. The fourth-order valence-corrected chi connectivity index (χ4v) is 2.72. The average molecular weight is 289 g/mol. The first-order chi connectivity index (χ1) is 9.61. The van der Waals surface area contributed by atoms with Crippen LogP contribution in [0, 0.1) is 4.77 Å². The van der Waals surface area contributed by atoms with Gasteiger partial charge >= 0.3 is 0 Å². The summed E-state index contributed by atoms with van der Waals surface area (Å²) in [6.07, 6.45) is 0.793. The zero-order valence-electron chi connectivity index (χ0n) is 10.8. The molecule has 20 heavy (non-hydrogen) atoms. The summed E-state index contributed by atoms with van der Waals surface area (Å²) < 4.78 is 0.390. The van der Waals surface area contributed by atoms with Crippen LogP contribution in [0.4, 0.5) is 0 Å². The zero-order valence-corrected chi connectivity index (χ0v) is 11.7. The van der Waals surface area contributed by atoms with Gasteiger partial charge < -0.3 is 10.1 Å². The number of hydrogen-bond acceptors (Lipinski definition) is 4. The van der Waals surface area contributed by atoms with Crippen LogP contribution >= 0.6 is 12.2 Å².